The fourth-order valence-electron chi connectivity index (χ4n) is 3.62. The maximum absolute atomic E-state index is 5.51. The molecule has 1 fully saturated rings. The van der Waals surface area contributed by atoms with E-state index in [-0.39, 0.29) is 0 Å². The second-order valence-electron chi connectivity index (χ2n) is 7.58. The molecule has 1 unspecified atom stereocenters. The van der Waals surface area contributed by atoms with Crippen molar-refractivity contribution in [3.05, 3.63) is 23.0 Å². The van der Waals surface area contributed by atoms with E-state index in [1.54, 1.807) is 7.11 Å². The molecule has 7 nitrogen and oxygen atoms in total. The molecule has 1 aliphatic heterocycles. The number of pyridine rings is 1. The molecule has 0 aromatic carbocycles. The smallest absolute Gasteiger partial charge is 0.191 e. The summed E-state index contributed by atoms with van der Waals surface area (Å²) in [4.78, 5) is 11.8. The Morgan fingerprint density at radius 2 is 2.00 bits per heavy atom. The number of ether oxygens (including phenoxy) is 2. The molecule has 0 radical (unpaired) electrons. The van der Waals surface area contributed by atoms with Gasteiger partial charge in [0, 0.05) is 49.5 Å². The van der Waals surface area contributed by atoms with Crippen LogP contribution in [-0.2, 0) is 11.3 Å². The molecule has 0 bridgehead atoms. The van der Waals surface area contributed by atoms with Crippen molar-refractivity contribution in [2.45, 2.75) is 47.2 Å². The minimum Gasteiger partial charge on any atom is -0.496 e. The van der Waals surface area contributed by atoms with Gasteiger partial charge in [0.2, 0.25) is 0 Å². The van der Waals surface area contributed by atoms with Gasteiger partial charge in [-0.3, -0.25) is 9.88 Å². The number of methoxy groups -OCH3 is 1. The van der Waals surface area contributed by atoms with E-state index in [1.165, 1.54) is 0 Å². The van der Waals surface area contributed by atoms with E-state index in [4.69, 9.17) is 14.5 Å². The highest BCUT2D eigenvalue weighted by Crippen LogP contribution is 2.24. The molecule has 7 heteroatoms. The molecule has 2 N–H and O–H groups in total. The summed E-state index contributed by atoms with van der Waals surface area (Å²) in [5.74, 6) is 2.27. The number of aromatic nitrogens is 1. The Labute approximate surface area is 169 Å². The number of hydrogen-bond donors (Lipinski definition) is 2. The van der Waals surface area contributed by atoms with Gasteiger partial charge in [-0.25, -0.2) is 4.99 Å². The van der Waals surface area contributed by atoms with E-state index in [1.807, 2.05) is 20.0 Å². The first-order chi connectivity index (χ1) is 13.5. The molecular formula is C21H37N5O2. The Morgan fingerprint density at radius 1 is 1.29 bits per heavy atom. The van der Waals surface area contributed by atoms with Crippen molar-refractivity contribution in [2.75, 3.05) is 46.5 Å². The highest BCUT2D eigenvalue weighted by molar-refractivity contribution is 5.79. The van der Waals surface area contributed by atoms with E-state index < -0.39 is 0 Å². The van der Waals surface area contributed by atoms with Crippen LogP contribution in [0.1, 0.15) is 37.6 Å². The molecule has 1 aliphatic rings. The number of aryl methyl sites for hydroxylation is 1. The lowest BCUT2D eigenvalue weighted by Gasteiger charge is -2.37. The Hall–Kier alpha value is -1.86. The molecule has 0 saturated carbocycles. The lowest BCUT2D eigenvalue weighted by atomic mass is 10.0. The number of morpholine rings is 1. The molecule has 0 amide bonds. The molecule has 28 heavy (non-hydrogen) atoms. The summed E-state index contributed by atoms with van der Waals surface area (Å²) >= 11 is 0. The van der Waals surface area contributed by atoms with Crippen molar-refractivity contribution in [1.29, 1.82) is 0 Å². The van der Waals surface area contributed by atoms with Crippen LogP contribution in [0.2, 0.25) is 0 Å². The van der Waals surface area contributed by atoms with Crippen LogP contribution >= 0.6 is 0 Å². The average Bonchev–Trinajstić information content (AvgIpc) is 2.68. The molecule has 2 rings (SSSR count). The number of guanidine groups is 1. The van der Waals surface area contributed by atoms with E-state index >= 15 is 0 Å². The number of nitrogens with one attached hydrogen (secondary N) is 2. The van der Waals surface area contributed by atoms with Crippen LogP contribution in [0.15, 0.2) is 11.2 Å². The van der Waals surface area contributed by atoms with Gasteiger partial charge in [0.25, 0.3) is 0 Å². The monoisotopic (exact) mass is 391 g/mol. The van der Waals surface area contributed by atoms with Crippen molar-refractivity contribution in [3.8, 4) is 5.75 Å². The predicted octanol–water partition coefficient (Wildman–Crippen LogP) is 2.12. The fraction of sp³-hybridized carbons (Fsp3) is 0.714. The lowest BCUT2D eigenvalue weighted by Crippen LogP contribution is -2.52. The zero-order chi connectivity index (χ0) is 20.5. The SMILES string of the molecule is CCNC(=NCc1ncc(C)c(OC)c1C)NCC(C(C)C)N1CCOCC1. The second-order valence-corrected chi connectivity index (χ2v) is 7.58. The largest absolute Gasteiger partial charge is 0.496 e. The normalized spacial score (nSPS) is 16.9. The van der Waals surface area contributed by atoms with Crippen LogP contribution in [-0.4, -0.2) is 68.4 Å². The van der Waals surface area contributed by atoms with Crippen LogP contribution in [0.3, 0.4) is 0 Å². The van der Waals surface area contributed by atoms with Gasteiger partial charge in [-0.15, -0.1) is 0 Å². The maximum Gasteiger partial charge on any atom is 0.191 e. The third-order valence-corrected chi connectivity index (χ3v) is 5.24. The fourth-order valence-corrected chi connectivity index (χ4v) is 3.62. The van der Waals surface area contributed by atoms with Gasteiger partial charge in [-0.2, -0.15) is 0 Å². The van der Waals surface area contributed by atoms with Crippen LogP contribution in [0.5, 0.6) is 5.75 Å². The highest BCUT2D eigenvalue weighted by Gasteiger charge is 2.23. The minimum atomic E-state index is 0.451. The third-order valence-electron chi connectivity index (χ3n) is 5.24. The molecule has 2 heterocycles. The molecule has 158 valence electrons. The maximum atomic E-state index is 5.51. The zero-order valence-electron chi connectivity index (χ0n) is 18.3. The summed E-state index contributed by atoms with van der Waals surface area (Å²) in [5, 5.41) is 6.87. The molecular weight excluding hydrogens is 354 g/mol. The quantitative estimate of drug-likeness (QED) is 0.522. The van der Waals surface area contributed by atoms with E-state index in [0.29, 0.717) is 18.5 Å². The Kier molecular flexibility index (Phi) is 8.99. The summed E-state index contributed by atoms with van der Waals surface area (Å²) < 4.78 is 11.0. The average molecular weight is 392 g/mol. The second kappa shape index (κ2) is 11.2. The standard InChI is InChI=1S/C21H37N5O2/c1-7-22-21(24-13-18-17(5)20(27-6)16(4)12-23-18)25-14-19(15(2)3)26-8-10-28-11-9-26/h12,15,19H,7-11,13-14H2,1-6H3,(H2,22,24,25). The molecule has 0 aliphatic carbocycles. The predicted molar refractivity (Wildman–Crippen MR) is 114 cm³/mol. The van der Waals surface area contributed by atoms with E-state index in [0.717, 1.165) is 67.9 Å². The first-order valence-electron chi connectivity index (χ1n) is 10.3. The summed E-state index contributed by atoms with van der Waals surface area (Å²) in [5.41, 5.74) is 3.03. The topological polar surface area (TPSA) is 71.0 Å². The van der Waals surface area contributed by atoms with E-state index in [9.17, 15) is 0 Å². The molecule has 1 saturated heterocycles. The van der Waals surface area contributed by atoms with Gasteiger partial charge in [-0.1, -0.05) is 13.8 Å². The van der Waals surface area contributed by atoms with Crippen molar-refractivity contribution in [2.24, 2.45) is 10.9 Å². The third kappa shape index (κ3) is 6.07. The summed E-state index contributed by atoms with van der Waals surface area (Å²) in [6.07, 6.45) is 1.85. The van der Waals surface area contributed by atoms with Crippen LogP contribution in [0, 0.1) is 19.8 Å². The first-order valence-corrected chi connectivity index (χ1v) is 10.3. The van der Waals surface area contributed by atoms with Crippen molar-refractivity contribution in [3.63, 3.8) is 0 Å². The molecule has 1 atom stereocenters. The number of nitrogens with zero attached hydrogens (tertiary/aromatic N) is 3. The number of rotatable bonds is 8. The Morgan fingerprint density at radius 3 is 2.61 bits per heavy atom. The van der Waals surface area contributed by atoms with E-state index in [2.05, 4.69) is 41.3 Å². The van der Waals surface area contributed by atoms with Crippen molar-refractivity contribution in [1.82, 2.24) is 20.5 Å². The van der Waals surface area contributed by atoms with Crippen LogP contribution in [0.4, 0.5) is 0 Å². The number of aliphatic imine (C=N–C) groups is 1. The summed E-state index contributed by atoms with van der Waals surface area (Å²) in [6, 6.07) is 0.451. The van der Waals surface area contributed by atoms with Gasteiger partial charge >= 0.3 is 0 Å². The Balaban J connectivity index is 2.05. The highest BCUT2D eigenvalue weighted by atomic mass is 16.5. The molecule has 1 aromatic heterocycles. The Bertz CT molecular complexity index is 642. The molecule has 0 spiro atoms. The summed E-state index contributed by atoms with van der Waals surface area (Å²) in [6.45, 7) is 16.5. The summed E-state index contributed by atoms with van der Waals surface area (Å²) in [7, 11) is 1.70. The van der Waals surface area contributed by atoms with Gasteiger partial charge in [0.15, 0.2) is 5.96 Å². The van der Waals surface area contributed by atoms with Crippen LogP contribution in [0.25, 0.3) is 0 Å². The minimum absolute atomic E-state index is 0.451. The van der Waals surface area contributed by atoms with Crippen LogP contribution < -0.4 is 15.4 Å². The van der Waals surface area contributed by atoms with Crippen molar-refractivity contribution < 1.29 is 9.47 Å². The van der Waals surface area contributed by atoms with Gasteiger partial charge in [0.1, 0.15) is 5.75 Å². The molecule has 1 aromatic rings. The first kappa shape index (κ1) is 22.4. The number of hydrogen-bond acceptors (Lipinski definition) is 5. The van der Waals surface area contributed by atoms with Gasteiger partial charge < -0.3 is 20.1 Å². The zero-order valence-corrected chi connectivity index (χ0v) is 18.3. The lowest BCUT2D eigenvalue weighted by molar-refractivity contribution is 0.00752. The van der Waals surface area contributed by atoms with Gasteiger partial charge in [0.05, 0.1) is 32.6 Å². The van der Waals surface area contributed by atoms with Crippen molar-refractivity contribution >= 4 is 5.96 Å². The van der Waals surface area contributed by atoms with Gasteiger partial charge in [-0.05, 0) is 26.7 Å².